The molecule has 12 heteroatoms. The van der Waals surface area contributed by atoms with Gasteiger partial charge in [-0.1, -0.05) is 21.1 Å². The van der Waals surface area contributed by atoms with Crippen molar-refractivity contribution in [2.45, 2.75) is 41.9 Å². The zero-order valence-electron chi connectivity index (χ0n) is 18.6. The van der Waals surface area contributed by atoms with Crippen molar-refractivity contribution in [3.63, 3.8) is 0 Å². The molecule has 0 spiro atoms. The van der Waals surface area contributed by atoms with Crippen molar-refractivity contribution in [2.75, 3.05) is 0 Å². The molecule has 9 nitrogen and oxygen atoms in total. The summed E-state index contributed by atoms with van der Waals surface area (Å²) in [4.78, 5) is 12.1. The fourth-order valence-electron chi connectivity index (χ4n) is 2.89. The van der Waals surface area contributed by atoms with E-state index in [1.807, 2.05) is 12.1 Å². The van der Waals surface area contributed by atoms with Crippen molar-refractivity contribution >= 4 is 43.6 Å². The van der Waals surface area contributed by atoms with E-state index in [1.54, 1.807) is 25.1 Å². The Morgan fingerprint density at radius 3 is 2.24 bits per heavy atom. The Hall–Kier alpha value is -2.38. The summed E-state index contributed by atoms with van der Waals surface area (Å²) < 4.78 is 38.4. The van der Waals surface area contributed by atoms with Gasteiger partial charge in [-0.05, 0) is 69.3 Å². The lowest BCUT2D eigenvalue weighted by Gasteiger charge is -2.39. The number of aliphatic hydroxyl groups is 1. The van der Waals surface area contributed by atoms with Gasteiger partial charge in [-0.15, -0.1) is 11.8 Å². The number of aryl methyl sites for hydroxylation is 1. The van der Waals surface area contributed by atoms with Gasteiger partial charge in [0.05, 0.1) is 15.3 Å². The molecular formula is C22H24BrN3O6S2. The number of carbonyl (C=O) groups excluding carboxylic acids is 1. The third-order valence-electron chi connectivity index (χ3n) is 4.95. The first kappa shape index (κ1) is 26.2. The Morgan fingerprint density at radius 1 is 1.18 bits per heavy atom. The van der Waals surface area contributed by atoms with Crippen LogP contribution in [0.15, 0.2) is 68.5 Å². The maximum absolute atomic E-state index is 13.0. The second-order valence-corrected chi connectivity index (χ2v) is 12.1. The molecule has 1 aromatic heterocycles. The van der Waals surface area contributed by atoms with E-state index in [2.05, 4.69) is 25.8 Å². The molecule has 0 aliphatic heterocycles. The van der Waals surface area contributed by atoms with Crippen LogP contribution in [0, 0.1) is 6.92 Å². The predicted molar refractivity (Wildman–Crippen MR) is 132 cm³/mol. The zero-order valence-corrected chi connectivity index (χ0v) is 21.8. The number of benzene rings is 2. The van der Waals surface area contributed by atoms with Crippen LogP contribution < -0.4 is 15.2 Å². The number of hydrogen-bond donors (Lipinski definition) is 3. The lowest BCUT2D eigenvalue weighted by atomic mass is 9.99. The first-order valence-electron chi connectivity index (χ1n) is 9.98. The van der Waals surface area contributed by atoms with E-state index in [-0.39, 0.29) is 10.6 Å². The van der Waals surface area contributed by atoms with Crippen LogP contribution in [0.3, 0.4) is 0 Å². The maximum Gasteiger partial charge on any atom is 0.267 e. The minimum atomic E-state index is -4.33. The molecule has 2 aromatic carbocycles. The number of thioether (sulfide) groups is 1. The fraction of sp³-hybridized carbons (Fsp3) is 0.273. The highest BCUT2D eigenvalue weighted by Gasteiger charge is 2.52. The number of amides is 1. The second kappa shape index (κ2) is 10.1. The van der Waals surface area contributed by atoms with Crippen molar-refractivity contribution in [2.24, 2.45) is 5.73 Å². The quantitative estimate of drug-likeness (QED) is 0.313. The number of hydrogen-bond acceptors (Lipinski definition) is 8. The number of nitrogens with two attached hydrogens (primary N) is 1. The molecule has 1 heterocycles. The number of nitrogens with one attached hydrogen (secondary N) is 1. The number of aromatic nitrogens is 1. The second-order valence-electron chi connectivity index (χ2n) is 7.94. The fourth-order valence-corrected chi connectivity index (χ4v) is 5.58. The van der Waals surface area contributed by atoms with Crippen LogP contribution in [0.1, 0.15) is 25.3 Å². The number of carbonyl (C=O) groups is 1. The highest BCUT2D eigenvalue weighted by molar-refractivity contribution is 9.10. The maximum atomic E-state index is 13.0. The van der Waals surface area contributed by atoms with Crippen LogP contribution in [-0.4, -0.2) is 35.1 Å². The minimum Gasteiger partial charge on any atom is -0.457 e. The van der Waals surface area contributed by atoms with Crippen molar-refractivity contribution in [1.29, 1.82) is 0 Å². The molecule has 0 saturated heterocycles. The monoisotopic (exact) mass is 569 g/mol. The number of ether oxygens (including phenoxy) is 1. The Labute approximate surface area is 210 Å². The smallest absolute Gasteiger partial charge is 0.267 e. The SMILES string of the molecule is Cc1cc(CSC(C)(C)C(O)(NS(=O)(=O)c2ccc(Oc3ccc(Br)cc3)cc2)C(N)=O)no1. The summed E-state index contributed by atoms with van der Waals surface area (Å²) in [5, 5.41) is 15.0. The molecule has 1 amide bonds. The molecule has 4 N–H and O–H groups in total. The molecule has 0 bridgehead atoms. The zero-order chi connectivity index (χ0) is 25.1. The summed E-state index contributed by atoms with van der Waals surface area (Å²) in [6, 6.07) is 14.4. The van der Waals surface area contributed by atoms with Crippen LogP contribution in [0.4, 0.5) is 0 Å². The van der Waals surface area contributed by atoms with Crippen molar-refractivity contribution < 1.29 is 27.6 Å². The molecule has 0 saturated carbocycles. The Morgan fingerprint density at radius 2 is 1.74 bits per heavy atom. The molecule has 3 aromatic rings. The molecule has 0 aliphatic carbocycles. The molecule has 1 unspecified atom stereocenters. The van der Waals surface area contributed by atoms with E-state index < -0.39 is 26.4 Å². The molecule has 0 aliphatic rings. The number of rotatable bonds is 10. The Bertz CT molecular complexity index is 1260. The number of halogens is 1. The molecule has 182 valence electrons. The standard InChI is InChI=1S/C22H24BrN3O6S2/c1-14-12-16(25-32-14)13-33-21(2,3)22(28,20(24)27)26-34(29,30)19-10-8-18(9-11-19)31-17-6-4-15(23)5-7-17/h4-12,26,28H,13H2,1-3H3,(H2,24,27). The van der Waals surface area contributed by atoms with Gasteiger partial charge < -0.3 is 20.1 Å². The third-order valence-corrected chi connectivity index (χ3v) is 8.39. The molecule has 3 rings (SSSR count). The lowest BCUT2D eigenvalue weighted by Crippen LogP contribution is -2.67. The van der Waals surface area contributed by atoms with Crippen LogP contribution in [0.25, 0.3) is 0 Å². The van der Waals surface area contributed by atoms with E-state index in [1.165, 1.54) is 38.1 Å². The van der Waals surface area contributed by atoms with E-state index in [9.17, 15) is 18.3 Å². The van der Waals surface area contributed by atoms with Gasteiger partial charge in [0.2, 0.25) is 15.7 Å². The van der Waals surface area contributed by atoms with Gasteiger partial charge in [0.15, 0.2) is 0 Å². The van der Waals surface area contributed by atoms with Crippen molar-refractivity contribution in [3.8, 4) is 11.5 Å². The molecule has 34 heavy (non-hydrogen) atoms. The highest BCUT2D eigenvalue weighted by Crippen LogP contribution is 2.37. The van der Waals surface area contributed by atoms with Gasteiger partial charge in [-0.2, -0.15) is 4.72 Å². The Balaban J connectivity index is 1.77. The summed E-state index contributed by atoms with van der Waals surface area (Å²) in [5.41, 5.74) is 3.43. The molecular weight excluding hydrogens is 546 g/mol. The van der Waals surface area contributed by atoms with E-state index in [4.69, 9.17) is 15.0 Å². The van der Waals surface area contributed by atoms with Crippen molar-refractivity contribution in [1.82, 2.24) is 9.88 Å². The lowest BCUT2D eigenvalue weighted by molar-refractivity contribution is -0.140. The highest BCUT2D eigenvalue weighted by atomic mass is 79.9. The van der Waals surface area contributed by atoms with Gasteiger partial charge >= 0.3 is 0 Å². The average Bonchev–Trinajstić information content (AvgIpc) is 3.19. The summed E-state index contributed by atoms with van der Waals surface area (Å²) in [6.07, 6.45) is 0. The van der Waals surface area contributed by atoms with Gasteiger partial charge in [-0.3, -0.25) is 4.79 Å². The van der Waals surface area contributed by atoms with Crippen LogP contribution in [0.5, 0.6) is 11.5 Å². The third kappa shape index (κ3) is 5.99. The van der Waals surface area contributed by atoms with E-state index in [0.717, 1.165) is 16.2 Å². The first-order chi connectivity index (χ1) is 15.8. The number of sulfonamides is 1. The van der Waals surface area contributed by atoms with Crippen LogP contribution in [-0.2, 0) is 20.6 Å². The Kier molecular flexibility index (Phi) is 7.78. The largest absolute Gasteiger partial charge is 0.457 e. The van der Waals surface area contributed by atoms with Crippen LogP contribution >= 0.6 is 27.7 Å². The van der Waals surface area contributed by atoms with Crippen LogP contribution in [0.2, 0.25) is 0 Å². The van der Waals surface area contributed by atoms with Crippen molar-refractivity contribution in [3.05, 3.63) is 70.5 Å². The summed E-state index contributed by atoms with van der Waals surface area (Å²) >= 11 is 4.44. The first-order valence-corrected chi connectivity index (χ1v) is 13.2. The van der Waals surface area contributed by atoms with Gasteiger partial charge in [-0.25, -0.2) is 8.42 Å². The normalized spacial score (nSPS) is 13.9. The summed E-state index contributed by atoms with van der Waals surface area (Å²) in [6.45, 7) is 4.75. The molecule has 1 atom stereocenters. The summed E-state index contributed by atoms with van der Waals surface area (Å²) in [7, 11) is -4.33. The summed E-state index contributed by atoms with van der Waals surface area (Å²) in [5.74, 6) is 0.599. The van der Waals surface area contributed by atoms with Gasteiger partial charge in [0.1, 0.15) is 17.3 Å². The van der Waals surface area contributed by atoms with E-state index in [0.29, 0.717) is 23.0 Å². The average molecular weight is 570 g/mol. The topological polar surface area (TPSA) is 145 Å². The molecule has 0 fully saturated rings. The number of nitrogens with zero attached hydrogens (tertiary/aromatic N) is 1. The van der Waals surface area contributed by atoms with E-state index >= 15 is 0 Å². The predicted octanol–water partition coefficient (Wildman–Crippen LogP) is 3.70. The van der Waals surface area contributed by atoms with Gasteiger partial charge in [0, 0.05) is 16.3 Å². The number of primary amides is 1. The van der Waals surface area contributed by atoms with Gasteiger partial charge in [0.25, 0.3) is 5.91 Å². The minimum absolute atomic E-state index is 0.178. The molecule has 0 radical (unpaired) electrons.